The Kier molecular flexibility index (Phi) is 1.92. The number of rotatable bonds is 2. The maximum absolute atomic E-state index is 11.0. The molecule has 6 heteroatoms. The molecule has 6 nitrogen and oxygen atoms in total. The van der Waals surface area contributed by atoms with Crippen LogP contribution in [0.5, 0.6) is 0 Å². The molecule has 1 aromatic rings. The first-order valence-corrected chi connectivity index (χ1v) is 6.64. The summed E-state index contributed by atoms with van der Waals surface area (Å²) < 4.78 is 4.65. The van der Waals surface area contributed by atoms with Crippen LogP contribution in [0.1, 0.15) is 44.2 Å². The highest BCUT2D eigenvalue weighted by Crippen LogP contribution is 2.61. The molecule has 0 amide bonds. The zero-order chi connectivity index (χ0) is 12.3. The fourth-order valence-corrected chi connectivity index (χ4v) is 5.04. The van der Waals surface area contributed by atoms with E-state index in [1.54, 1.807) is 0 Å². The Hall–Kier alpha value is -1.46. The van der Waals surface area contributed by atoms with E-state index >= 15 is 0 Å². The smallest absolute Gasteiger partial charge is 0.358 e. The summed E-state index contributed by atoms with van der Waals surface area (Å²) >= 11 is 0. The Morgan fingerprint density at radius 3 is 2.17 bits per heavy atom. The third-order valence-corrected chi connectivity index (χ3v) is 5.18. The maximum Gasteiger partial charge on any atom is 0.438 e. The topological polar surface area (TPSA) is 82.1 Å². The quantitative estimate of drug-likeness (QED) is 0.594. The molecular weight excluding hydrogens is 234 g/mol. The van der Waals surface area contributed by atoms with Gasteiger partial charge in [-0.2, -0.15) is 0 Å². The van der Waals surface area contributed by atoms with Crippen molar-refractivity contribution in [3.05, 3.63) is 15.8 Å². The molecular formula is C12H15N3O3. The first-order chi connectivity index (χ1) is 8.66. The third kappa shape index (κ3) is 1.29. The van der Waals surface area contributed by atoms with Crippen molar-refractivity contribution in [3.63, 3.8) is 0 Å². The molecule has 4 aliphatic carbocycles. The minimum atomic E-state index is -0.454. The molecule has 0 aromatic carbocycles. The Morgan fingerprint density at radius 1 is 1.11 bits per heavy atom. The summed E-state index contributed by atoms with van der Waals surface area (Å²) in [4.78, 5) is 10.6. The zero-order valence-electron chi connectivity index (χ0n) is 10.0. The molecule has 0 radical (unpaired) electrons. The predicted octanol–water partition coefficient (Wildman–Crippen LogP) is 2.45. The molecule has 96 valence electrons. The average molecular weight is 249 g/mol. The molecule has 0 atom stereocenters. The van der Waals surface area contributed by atoms with Gasteiger partial charge in [0.1, 0.15) is 0 Å². The normalized spacial score (nSPS) is 41.2. The molecule has 4 aliphatic rings. The Labute approximate surface area is 104 Å². The van der Waals surface area contributed by atoms with Gasteiger partial charge in [-0.3, -0.25) is 0 Å². The Morgan fingerprint density at radius 2 is 1.67 bits per heavy atom. The van der Waals surface area contributed by atoms with E-state index in [1.807, 2.05) is 0 Å². The van der Waals surface area contributed by atoms with Crippen molar-refractivity contribution >= 4 is 5.82 Å². The van der Waals surface area contributed by atoms with Gasteiger partial charge in [0, 0.05) is 5.41 Å². The molecule has 18 heavy (non-hydrogen) atoms. The van der Waals surface area contributed by atoms with Gasteiger partial charge >= 0.3 is 5.82 Å². The summed E-state index contributed by atoms with van der Waals surface area (Å²) in [5.74, 6) is 2.03. The number of aromatic nitrogens is 2. The van der Waals surface area contributed by atoms with Gasteiger partial charge in [0.15, 0.2) is 10.9 Å². The predicted molar refractivity (Wildman–Crippen MR) is 60.8 cm³/mol. The van der Waals surface area contributed by atoms with Gasteiger partial charge in [0.2, 0.25) is 0 Å². The van der Waals surface area contributed by atoms with E-state index in [1.165, 1.54) is 19.3 Å². The van der Waals surface area contributed by atoms with Crippen LogP contribution in [-0.2, 0) is 5.41 Å². The molecule has 4 bridgehead atoms. The van der Waals surface area contributed by atoms with E-state index in [9.17, 15) is 10.1 Å². The van der Waals surface area contributed by atoms with Gasteiger partial charge in [-0.1, -0.05) is 0 Å². The number of hydrogen-bond acceptors (Lipinski definition) is 5. The highest BCUT2D eigenvalue weighted by Gasteiger charge is 2.55. The van der Waals surface area contributed by atoms with Gasteiger partial charge in [-0.15, -0.1) is 4.63 Å². The van der Waals surface area contributed by atoms with Crippen LogP contribution in [0.15, 0.2) is 4.63 Å². The second-order valence-corrected chi connectivity index (χ2v) is 6.39. The highest BCUT2D eigenvalue weighted by molar-refractivity contribution is 5.34. The lowest BCUT2D eigenvalue weighted by Gasteiger charge is -2.55. The lowest BCUT2D eigenvalue weighted by Crippen LogP contribution is -2.48. The van der Waals surface area contributed by atoms with E-state index in [0.717, 1.165) is 37.0 Å². The van der Waals surface area contributed by atoms with Crippen LogP contribution in [0, 0.1) is 27.9 Å². The van der Waals surface area contributed by atoms with E-state index < -0.39 is 4.92 Å². The zero-order valence-corrected chi connectivity index (χ0v) is 10.0. The average Bonchev–Trinajstić information content (AvgIpc) is 2.76. The third-order valence-electron chi connectivity index (χ3n) is 5.18. The summed E-state index contributed by atoms with van der Waals surface area (Å²) in [6.45, 7) is 0. The summed E-state index contributed by atoms with van der Waals surface area (Å²) in [5, 5.41) is 18.4. The van der Waals surface area contributed by atoms with Crippen LogP contribution >= 0.6 is 0 Å². The summed E-state index contributed by atoms with van der Waals surface area (Å²) in [6.07, 6.45) is 7.02. The molecule has 0 spiro atoms. The van der Waals surface area contributed by atoms with Crippen molar-refractivity contribution in [2.75, 3.05) is 0 Å². The molecule has 1 heterocycles. The minimum Gasteiger partial charge on any atom is -0.358 e. The van der Waals surface area contributed by atoms with Crippen molar-refractivity contribution in [3.8, 4) is 0 Å². The van der Waals surface area contributed by atoms with Crippen LogP contribution in [0.2, 0.25) is 0 Å². The first-order valence-electron chi connectivity index (χ1n) is 6.64. The Bertz CT molecular complexity index is 475. The lowest BCUT2D eigenvalue weighted by atomic mass is 9.49. The molecule has 4 saturated carbocycles. The van der Waals surface area contributed by atoms with Gasteiger partial charge in [-0.25, -0.2) is 0 Å². The van der Waals surface area contributed by atoms with E-state index in [-0.39, 0.29) is 11.2 Å². The number of hydrogen-bond donors (Lipinski definition) is 0. The van der Waals surface area contributed by atoms with Gasteiger partial charge < -0.3 is 10.1 Å². The van der Waals surface area contributed by atoms with Gasteiger partial charge in [0.25, 0.3) is 0 Å². The van der Waals surface area contributed by atoms with Crippen LogP contribution in [0.4, 0.5) is 5.82 Å². The van der Waals surface area contributed by atoms with Crippen molar-refractivity contribution in [2.45, 2.75) is 43.9 Å². The summed E-state index contributed by atoms with van der Waals surface area (Å²) in [5.41, 5.74) is 0.406. The monoisotopic (exact) mass is 249 g/mol. The minimum absolute atomic E-state index is 0.114. The molecule has 1 aromatic heterocycles. The summed E-state index contributed by atoms with van der Waals surface area (Å²) in [7, 11) is 0. The lowest BCUT2D eigenvalue weighted by molar-refractivity contribution is -0.392. The number of nitro groups is 1. The van der Waals surface area contributed by atoms with Crippen molar-refractivity contribution < 1.29 is 9.55 Å². The Balaban J connectivity index is 1.79. The second kappa shape index (κ2) is 3.30. The van der Waals surface area contributed by atoms with Gasteiger partial charge in [0.05, 0.1) is 0 Å². The fourth-order valence-electron chi connectivity index (χ4n) is 5.04. The first kappa shape index (κ1) is 10.5. The highest BCUT2D eigenvalue weighted by atomic mass is 16.6. The second-order valence-electron chi connectivity index (χ2n) is 6.39. The van der Waals surface area contributed by atoms with Crippen molar-refractivity contribution in [1.29, 1.82) is 0 Å². The standard InChI is InChI=1S/C12H15N3O3/c16-15(17)11-10(13-18-14-11)12-4-7-1-8(5-12)3-9(2-7)6-12/h7-9H,1-6H2. The molecule has 5 rings (SSSR count). The summed E-state index contributed by atoms with van der Waals surface area (Å²) in [6, 6.07) is 0. The fraction of sp³-hybridized carbons (Fsp3) is 0.833. The van der Waals surface area contributed by atoms with Gasteiger partial charge in [-0.05, 0) is 66.4 Å². The van der Waals surface area contributed by atoms with Crippen LogP contribution in [-0.4, -0.2) is 15.2 Å². The largest absolute Gasteiger partial charge is 0.438 e. The van der Waals surface area contributed by atoms with E-state index in [4.69, 9.17) is 0 Å². The van der Waals surface area contributed by atoms with E-state index in [2.05, 4.69) is 14.9 Å². The van der Waals surface area contributed by atoms with Crippen molar-refractivity contribution in [2.24, 2.45) is 17.8 Å². The molecule has 4 fully saturated rings. The maximum atomic E-state index is 11.0. The number of nitrogens with zero attached hydrogens (tertiary/aromatic N) is 3. The van der Waals surface area contributed by atoms with E-state index in [0.29, 0.717) is 5.69 Å². The van der Waals surface area contributed by atoms with Crippen LogP contribution in [0.25, 0.3) is 0 Å². The molecule has 0 saturated heterocycles. The SMILES string of the molecule is O=[N+]([O-])c1nonc1C12CC3CC(CC(C3)C1)C2. The molecule has 0 unspecified atom stereocenters. The van der Waals surface area contributed by atoms with Crippen LogP contribution in [0.3, 0.4) is 0 Å². The molecule has 0 N–H and O–H groups in total. The van der Waals surface area contributed by atoms with Crippen LogP contribution < -0.4 is 0 Å². The molecule has 0 aliphatic heterocycles. The van der Waals surface area contributed by atoms with Crippen molar-refractivity contribution in [1.82, 2.24) is 10.3 Å².